The Hall–Kier alpha value is -2.45. The van der Waals surface area contributed by atoms with Gasteiger partial charge in [0.2, 0.25) is 5.60 Å². The molecular weight excluding hydrogens is 334 g/mol. The SMILES string of the molecule is CC(=O)C(O)[C@H]1O[C@@H](n2cnc(C#N)c2)[C@@](O)(C(C)=O)[C@@]1(O)C(C)=O. The molecule has 1 fully saturated rings. The summed E-state index contributed by atoms with van der Waals surface area (Å²) < 4.78 is 6.40. The van der Waals surface area contributed by atoms with Gasteiger partial charge in [-0.05, 0) is 20.8 Å². The second-order valence-corrected chi connectivity index (χ2v) is 5.93. The Morgan fingerprint density at radius 1 is 1.28 bits per heavy atom. The monoisotopic (exact) mass is 351 g/mol. The van der Waals surface area contributed by atoms with E-state index in [2.05, 4.69) is 4.98 Å². The van der Waals surface area contributed by atoms with Crippen LogP contribution < -0.4 is 0 Å². The summed E-state index contributed by atoms with van der Waals surface area (Å²) in [5.74, 6) is -2.93. The van der Waals surface area contributed by atoms with Crippen molar-refractivity contribution < 1.29 is 34.4 Å². The molecule has 2 heterocycles. The Labute approximate surface area is 142 Å². The standard InChI is InChI=1S/C15H17N3O7/c1-7(19)11(22)12-14(23,8(2)20)15(24,9(3)21)13(25-12)18-5-10(4-16)17-6-18/h5-6,11-13,22-24H,1-3H3/t11?,12-,13-,14-,15+/m1/s1. The third kappa shape index (κ3) is 2.49. The second-order valence-electron chi connectivity index (χ2n) is 5.93. The predicted octanol–water partition coefficient (Wildman–Crippen LogP) is -1.76. The summed E-state index contributed by atoms with van der Waals surface area (Å²) in [5.41, 5.74) is -5.77. The normalized spacial score (nSPS) is 32.8. The molecule has 5 atom stereocenters. The van der Waals surface area contributed by atoms with Gasteiger partial charge in [0.25, 0.3) is 0 Å². The van der Waals surface area contributed by atoms with Crippen molar-refractivity contribution in [3.8, 4) is 6.07 Å². The highest BCUT2D eigenvalue weighted by atomic mass is 16.6. The zero-order chi connectivity index (χ0) is 19.2. The lowest BCUT2D eigenvalue weighted by molar-refractivity contribution is -0.184. The highest BCUT2D eigenvalue weighted by Crippen LogP contribution is 2.48. The fourth-order valence-corrected chi connectivity index (χ4v) is 2.98. The van der Waals surface area contributed by atoms with Crippen molar-refractivity contribution in [3.05, 3.63) is 18.2 Å². The van der Waals surface area contributed by atoms with E-state index in [1.165, 1.54) is 0 Å². The number of aliphatic hydroxyl groups is 3. The first-order valence-electron chi connectivity index (χ1n) is 7.26. The number of aliphatic hydroxyl groups excluding tert-OH is 1. The van der Waals surface area contributed by atoms with Crippen LogP contribution in [0.5, 0.6) is 0 Å². The summed E-state index contributed by atoms with van der Waals surface area (Å²) in [5, 5.41) is 40.7. The first-order chi connectivity index (χ1) is 11.5. The van der Waals surface area contributed by atoms with Crippen molar-refractivity contribution in [2.45, 2.75) is 50.4 Å². The van der Waals surface area contributed by atoms with Gasteiger partial charge in [0.1, 0.15) is 18.3 Å². The van der Waals surface area contributed by atoms with Gasteiger partial charge in [-0.15, -0.1) is 0 Å². The number of hydrogen-bond donors (Lipinski definition) is 3. The molecule has 2 rings (SSSR count). The van der Waals surface area contributed by atoms with Crippen molar-refractivity contribution in [1.29, 1.82) is 5.26 Å². The van der Waals surface area contributed by atoms with Crippen LogP contribution in [0.15, 0.2) is 12.5 Å². The van der Waals surface area contributed by atoms with E-state index in [1.807, 2.05) is 0 Å². The zero-order valence-electron chi connectivity index (χ0n) is 13.7. The minimum absolute atomic E-state index is 0.0727. The molecule has 1 unspecified atom stereocenters. The average Bonchev–Trinajstić information content (AvgIpc) is 3.10. The van der Waals surface area contributed by atoms with Gasteiger partial charge in [0.05, 0.1) is 6.33 Å². The maximum atomic E-state index is 12.2. The molecule has 0 bridgehead atoms. The van der Waals surface area contributed by atoms with Crippen LogP contribution in [0.2, 0.25) is 0 Å². The van der Waals surface area contributed by atoms with E-state index in [-0.39, 0.29) is 5.69 Å². The highest BCUT2D eigenvalue weighted by molar-refractivity contribution is 5.99. The number of imidazole rings is 1. The number of ketones is 3. The van der Waals surface area contributed by atoms with Crippen molar-refractivity contribution in [2.75, 3.05) is 0 Å². The molecule has 1 saturated heterocycles. The molecule has 134 valence electrons. The van der Waals surface area contributed by atoms with Crippen molar-refractivity contribution in [3.63, 3.8) is 0 Å². The number of nitrogens with zero attached hydrogens (tertiary/aromatic N) is 3. The molecule has 0 aliphatic carbocycles. The van der Waals surface area contributed by atoms with Gasteiger partial charge in [-0.2, -0.15) is 5.26 Å². The second kappa shape index (κ2) is 6.12. The minimum Gasteiger partial charge on any atom is -0.382 e. The van der Waals surface area contributed by atoms with E-state index in [0.29, 0.717) is 0 Å². The molecule has 25 heavy (non-hydrogen) atoms. The number of Topliss-reactive ketones (excluding diaryl/α,β-unsaturated/α-hetero) is 3. The molecule has 10 heteroatoms. The Morgan fingerprint density at radius 3 is 2.24 bits per heavy atom. The molecule has 3 N–H and O–H groups in total. The third-order valence-corrected chi connectivity index (χ3v) is 4.39. The van der Waals surface area contributed by atoms with Gasteiger partial charge in [-0.1, -0.05) is 0 Å². The molecule has 0 spiro atoms. The number of hydrogen-bond acceptors (Lipinski definition) is 9. The Bertz CT molecular complexity index is 782. The van der Waals surface area contributed by atoms with E-state index in [1.54, 1.807) is 6.07 Å². The molecule has 0 amide bonds. The van der Waals surface area contributed by atoms with Crippen molar-refractivity contribution in [2.24, 2.45) is 0 Å². The predicted molar refractivity (Wildman–Crippen MR) is 78.8 cm³/mol. The molecule has 1 aromatic heterocycles. The molecular formula is C15H17N3O7. The lowest BCUT2D eigenvalue weighted by atomic mass is 9.73. The minimum atomic E-state index is -2.88. The average molecular weight is 351 g/mol. The molecule has 10 nitrogen and oxygen atoms in total. The van der Waals surface area contributed by atoms with Gasteiger partial charge in [-0.3, -0.25) is 14.4 Å². The van der Waals surface area contributed by atoms with E-state index >= 15 is 0 Å². The van der Waals surface area contributed by atoms with Gasteiger partial charge < -0.3 is 24.6 Å². The summed E-state index contributed by atoms with van der Waals surface area (Å²) >= 11 is 0. The molecule has 0 saturated carbocycles. The fourth-order valence-electron chi connectivity index (χ4n) is 2.98. The van der Waals surface area contributed by atoms with E-state index < -0.39 is 47.0 Å². The molecule has 1 aliphatic heterocycles. The molecule has 0 radical (unpaired) electrons. The van der Waals surface area contributed by atoms with Crippen molar-refractivity contribution in [1.82, 2.24) is 9.55 Å². The molecule has 1 aliphatic rings. The topological polar surface area (TPSA) is 163 Å². The number of carbonyl (C=O) groups excluding carboxylic acids is 3. The number of ether oxygens (including phenoxy) is 1. The number of carbonyl (C=O) groups is 3. The van der Waals surface area contributed by atoms with E-state index in [9.17, 15) is 29.7 Å². The summed E-state index contributed by atoms with van der Waals surface area (Å²) in [6.45, 7) is 2.82. The summed E-state index contributed by atoms with van der Waals surface area (Å²) in [6, 6.07) is 1.74. The number of nitriles is 1. The van der Waals surface area contributed by atoms with Crippen LogP contribution in [0.3, 0.4) is 0 Å². The maximum absolute atomic E-state index is 12.2. The third-order valence-electron chi connectivity index (χ3n) is 4.39. The summed E-state index contributed by atoms with van der Waals surface area (Å²) in [6.07, 6.45) is -3.37. The van der Waals surface area contributed by atoms with Crippen molar-refractivity contribution >= 4 is 17.3 Å². The molecule has 0 aromatic carbocycles. The quantitative estimate of drug-likeness (QED) is 0.557. The van der Waals surface area contributed by atoms with Gasteiger partial charge >= 0.3 is 0 Å². The Balaban J connectivity index is 2.69. The van der Waals surface area contributed by atoms with Crippen LogP contribution in [0.25, 0.3) is 0 Å². The van der Waals surface area contributed by atoms with Crippen LogP contribution in [0, 0.1) is 11.3 Å². The maximum Gasteiger partial charge on any atom is 0.206 e. The smallest absolute Gasteiger partial charge is 0.206 e. The first kappa shape index (κ1) is 18.9. The number of rotatable bonds is 5. The largest absolute Gasteiger partial charge is 0.382 e. The summed E-state index contributed by atoms with van der Waals surface area (Å²) in [4.78, 5) is 39.5. The van der Waals surface area contributed by atoms with Gasteiger partial charge in [-0.25, -0.2) is 4.98 Å². The fraction of sp³-hybridized carbons (Fsp3) is 0.533. The molecule has 1 aromatic rings. The Morgan fingerprint density at radius 2 is 1.84 bits per heavy atom. The van der Waals surface area contributed by atoms with E-state index in [0.717, 1.165) is 37.9 Å². The van der Waals surface area contributed by atoms with Crippen LogP contribution in [0.1, 0.15) is 32.7 Å². The van der Waals surface area contributed by atoms with Crippen LogP contribution in [-0.4, -0.2) is 65.6 Å². The van der Waals surface area contributed by atoms with Crippen LogP contribution in [-0.2, 0) is 19.1 Å². The van der Waals surface area contributed by atoms with E-state index in [4.69, 9.17) is 10.00 Å². The lowest BCUT2D eigenvalue weighted by Gasteiger charge is -2.37. The van der Waals surface area contributed by atoms with Gasteiger partial charge in [0, 0.05) is 6.20 Å². The first-order valence-corrected chi connectivity index (χ1v) is 7.26. The lowest BCUT2D eigenvalue weighted by Crippen LogP contribution is -2.67. The highest BCUT2D eigenvalue weighted by Gasteiger charge is 2.73. The Kier molecular flexibility index (Phi) is 4.63. The summed E-state index contributed by atoms with van der Waals surface area (Å²) in [7, 11) is 0. The number of aromatic nitrogens is 2. The van der Waals surface area contributed by atoms with Crippen LogP contribution in [0.4, 0.5) is 0 Å². The zero-order valence-corrected chi connectivity index (χ0v) is 13.7. The van der Waals surface area contributed by atoms with Crippen LogP contribution >= 0.6 is 0 Å². The van der Waals surface area contributed by atoms with Gasteiger partial charge in [0.15, 0.2) is 34.9 Å².